The van der Waals surface area contributed by atoms with Crippen LogP contribution in [0.15, 0.2) is 0 Å². The molecule has 80 valence electrons. The average Bonchev–Trinajstić information content (AvgIpc) is 2.10. The van der Waals surface area contributed by atoms with Crippen molar-refractivity contribution >= 4 is 28.8 Å². The predicted octanol–water partition coefficient (Wildman–Crippen LogP) is -0.195. The standard InChI is InChI=1S/C7H10FNO4S/c1-4(10)9-2-3-14-7(13)5(8)6(11)12/h5H,2-3H2,1H3,(H,9,10)(H,11,12). The van der Waals surface area contributed by atoms with Crippen LogP contribution in [0.3, 0.4) is 0 Å². The highest BCUT2D eigenvalue weighted by molar-refractivity contribution is 8.13. The number of carbonyl (C=O) groups is 3. The van der Waals surface area contributed by atoms with E-state index >= 15 is 0 Å². The topological polar surface area (TPSA) is 83.5 Å². The van der Waals surface area contributed by atoms with Crippen LogP contribution in [0.2, 0.25) is 0 Å². The van der Waals surface area contributed by atoms with Gasteiger partial charge >= 0.3 is 5.97 Å². The van der Waals surface area contributed by atoms with Crippen molar-refractivity contribution in [3.05, 3.63) is 0 Å². The molecular formula is C7H10FNO4S. The molecule has 5 nitrogen and oxygen atoms in total. The summed E-state index contributed by atoms with van der Waals surface area (Å²) < 4.78 is 12.4. The molecular weight excluding hydrogens is 213 g/mol. The third-order valence-corrected chi connectivity index (χ3v) is 2.04. The van der Waals surface area contributed by atoms with Crippen LogP contribution in [0.5, 0.6) is 0 Å². The first-order valence-corrected chi connectivity index (χ1v) is 4.71. The Bertz CT molecular complexity index is 246. The Labute approximate surface area is 84.0 Å². The average molecular weight is 223 g/mol. The fraction of sp³-hybridized carbons (Fsp3) is 0.571. The monoisotopic (exact) mass is 223 g/mol. The molecule has 0 bridgehead atoms. The van der Waals surface area contributed by atoms with Gasteiger partial charge in [0.05, 0.1) is 0 Å². The number of carboxylic acid groups (broad SMARTS) is 1. The van der Waals surface area contributed by atoms with E-state index in [1.54, 1.807) is 0 Å². The van der Waals surface area contributed by atoms with E-state index in [0.717, 1.165) is 0 Å². The van der Waals surface area contributed by atoms with Crippen molar-refractivity contribution in [2.24, 2.45) is 0 Å². The van der Waals surface area contributed by atoms with Gasteiger partial charge < -0.3 is 10.4 Å². The van der Waals surface area contributed by atoms with Gasteiger partial charge in [-0.25, -0.2) is 9.18 Å². The Hall–Kier alpha value is -1.11. The van der Waals surface area contributed by atoms with Crippen molar-refractivity contribution in [3.63, 3.8) is 0 Å². The van der Waals surface area contributed by atoms with Crippen LogP contribution in [0.25, 0.3) is 0 Å². The lowest BCUT2D eigenvalue weighted by molar-refractivity contribution is -0.145. The summed E-state index contributed by atoms with van der Waals surface area (Å²) in [5, 5.41) is 9.45. The molecule has 0 fully saturated rings. The number of alkyl halides is 1. The largest absolute Gasteiger partial charge is 0.479 e. The summed E-state index contributed by atoms with van der Waals surface area (Å²) in [5.74, 6) is -1.89. The van der Waals surface area contributed by atoms with Crippen molar-refractivity contribution < 1.29 is 23.9 Å². The Morgan fingerprint density at radius 2 is 2.07 bits per heavy atom. The fourth-order valence-electron chi connectivity index (χ4n) is 0.553. The lowest BCUT2D eigenvalue weighted by Crippen LogP contribution is -2.26. The van der Waals surface area contributed by atoms with E-state index in [1.165, 1.54) is 6.92 Å². The second kappa shape index (κ2) is 6.36. The minimum absolute atomic E-state index is 0.159. The van der Waals surface area contributed by atoms with Gasteiger partial charge in [-0.05, 0) is 0 Å². The molecule has 0 rings (SSSR count). The van der Waals surface area contributed by atoms with E-state index < -0.39 is 17.3 Å². The molecule has 0 aliphatic rings. The molecule has 0 aliphatic carbocycles. The number of thioether (sulfide) groups is 1. The Kier molecular flexibility index (Phi) is 5.86. The Morgan fingerprint density at radius 3 is 2.50 bits per heavy atom. The highest BCUT2D eigenvalue weighted by Crippen LogP contribution is 2.07. The van der Waals surface area contributed by atoms with Crippen LogP contribution in [0.1, 0.15) is 6.92 Å². The SMILES string of the molecule is CC(=O)NCCSC(=O)C(F)C(=O)O. The van der Waals surface area contributed by atoms with Gasteiger partial charge in [0.2, 0.25) is 11.0 Å². The van der Waals surface area contributed by atoms with Crippen LogP contribution in [0.4, 0.5) is 4.39 Å². The van der Waals surface area contributed by atoms with E-state index in [1.807, 2.05) is 0 Å². The summed E-state index contributed by atoms with van der Waals surface area (Å²) in [6.45, 7) is 1.51. The molecule has 1 unspecified atom stereocenters. The molecule has 14 heavy (non-hydrogen) atoms. The zero-order chi connectivity index (χ0) is 11.1. The van der Waals surface area contributed by atoms with E-state index in [-0.39, 0.29) is 18.2 Å². The first-order chi connectivity index (χ1) is 6.45. The first-order valence-electron chi connectivity index (χ1n) is 3.73. The third kappa shape index (κ3) is 5.52. The fourth-order valence-corrected chi connectivity index (χ4v) is 1.21. The van der Waals surface area contributed by atoms with Gasteiger partial charge in [-0.2, -0.15) is 0 Å². The second-order valence-electron chi connectivity index (χ2n) is 2.35. The van der Waals surface area contributed by atoms with Gasteiger partial charge in [-0.15, -0.1) is 0 Å². The first kappa shape index (κ1) is 12.9. The summed E-state index contributed by atoms with van der Waals surface area (Å²) in [6.07, 6.45) is -2.49. The van der Waals surface area contributed by atoms with Crippen molar-refractivity contribution in [2.75, 3.05) is 12.3 Å². The molecule has 1 amide bonds. The minimum Gasteiger partial charge on any atom is -0.479 e. The normalized spacial score (nSPS) is 11.9. The molecule has 0 aromatic heterocycles. The van der Waals surface area contributed by atoms with Crippen LogP contribution >= 0.6 is 11.8 Å². The maximum atomic E-state index is 12.4. The summed E-state index contributed by atoms with van der Waals surface area (Å²) in [6, 6.07) is 0. The number of rotatable bonds is 5. The molecule has 2 N–H and O–H groups in total. The zero-order valence-electron chi connectivity index (χ0n) is 7.45. The van der Waals surface area contributed by atoms with Crippen LogP contribution in [-0.2, 0) is 14.4 Å². The predicted molar refractivity (Wildman–Crippen MR) is 48.7 cm³/mol. The van der Waals surface area contributed by atoms with Crippen molar-refractivity contribution in [1.29, 1.82) is 0 Å². The Morgan fingerprint density at radius 1 is 1.50 bits per heavy atom. The molecule has 0 aromatic carbocycles. The lowest BCUT2D eigenvalue weighted by Gasteiger charge is -2.02. The number of amides is 1. The number of halogens is 1. The van der Waals surface area contributed by atoms with Crippen molar-refractivity contribution in [1.82, 2.24) is 5.32 Å². The number of carbonyl (C=O) groups excluding carboxylic acids is 2. The molecule has 0 aromatic rings. The smallest absolute Gasteiger partial charge is 0.347 e. The van der Waals surface area contributed by atoms with Gasteiger partial charge in [-0.1, -0.05) is 11.8 Å². The zero-order valence-corrected chi connectivity index (χ0v) is 8.27. The summed E-state index contributed by atoms with van der Waals surface area (Å²) in [7, 11) is 0. The van der Waals surface area contributed by atoms with Gasteiger partial charge in [0.1, 0.15) is 0 Å². The number of hydrogen-bond donors (Lipinski definition) is 2. The van der Waals surface area contributed by atoms with Gasteiger partial charge in [-0.3, -0.25) is 9.59 Å². The lowest BCUT2D eigenvalue weighted by atomic mass is 10.4. The van der Waals surface area contributed by atoms with Crippen LogP contribution < -0.4 is 5.32 Å². The molecule has 0 saturated heterocycles. The van der Waals surface area contributed by atoms with E-state index in [2.05, 4.69) is 5.32 Å². The van der Waals surface area contributed by atoms with E-state index in [4.69, 9.17) is 5.11 Å². The van der Waals surface area contributed by atoms with E-state index in [9.17, 15) is 18.8 Å². The maximum Gasteiger partial charge on any atom is 0.347 e. The molecule has 0 saturated carbocycles. The number of hydrogen-bond acceptors (Lipinski definition) is 4. The number of nitrogens with one attached hydrogen (secondary N) is 1. The molecule has 0 spiro atoms. The number of aliphatic carboxylic acids is 1. The summed E-state index contributed by atoms with van der Waals surface area (Å²) in [5.41, 5.74) is 0. The molecule has 0 radical (unpaired) electrons. The van der Waals surface area contributed by atoms with Crippen LogP contribution in [-0.4, -0.2) is 40.6 Å². The van der Waals surface area contributed by atoms with Crippen molar-refractivity contribution in [2.45, 2.75) is 13.1 Å². The molecule has 7 heteroatoms. The highest BCUT2D eigenvalue weighted by Gasteiger charge is 2.25. The molecule has 1 atom stereocenters. The Balaban J connectivity index is 3.64. The van der Waals surface area contributed by atoms with Gasteiger partial charge in [0, 0.05) is 19.2 Å². The van der Waals surface area contributed by atoms with Crippen LogP contribution in [0, 0.1) is 0 Å². The summed E-state index contributed by atoms with van der Waals surface area (Å²) >= 11 is 0.545. The van der Waals surface area contributed by atoms with E-state index in [0.29, 0.717) is 11.8 Å². The second-order valence-corrected chi connectivity index (χ2v) is 3.45. The van der Waals surface area contributed by atoms with Gasteiger partial charge in [0.25, 0.3) is 6.17 Å². The molecule has 0 heterocycles. The molecule has 0 aliphatic heterocycles. The minimum atomic E-state index is -2.49. The number of carboxylic acids is 1. The highest BCUT2D eigenvalue weighted by atomic mass is 32.2. The van der Waals surface area contributed by atoms with Crippen molar-refractivity contribution in [3.8, 4) is 0 Å². The maximum absolute atomic E-state index is 12.4. The quantitative estimate of drug-likeness (QED) is 0.498. The van der Waals surface area contributed by atoms with Gasteiger partial charge in [0.15, 0.2) is 0 Å². The summed E-state index contributed by atoms with van der Waals surface area (Å²) in [4.78, 5) is 31.1. The third-order valence-electron chi connectivity index (χ3n) is 1.14.